The Morgan fingerprint density at radius 1 is 1.11 bits per heavy atom. The Balaban J connectivity index is 0.00000280. The molecule has 0 aliphatic carbocycles. The molecule has 0 N–H and O–H groups in total. The molecule has 5 nitrogen and oxygen atoms in total. The van der Waals surface area contributed by atoms with Crippen LogP contribution in [0.1, 0.15) is 30.9 Å². The number of benzene rings is 1. The molecule has 0 atom stereocenters. The molecule has 1 amide bonds. The molecule has 2 aliphatic rings. The van der Waals surface area contributed by atoms with Crippen LogP contribution in [0.15, 0.2) is 30.0 Å². The first-order valence-corrected chi connectivity index (χ1v) is 9.96. The number of amides is 1. The fraction of sp³-hybridized carbons (Fsp3) is 0.545. The predicted molar refractivity (Wildman–Crippen MR) is 116 cm³/mol. The van der Waals surface area contributed by atoms with Crippen LogP contribution in [0.5, 0.6) is 0 Å². The van der Waals surface area contributed by atoms with Gasteiger partial charge in [0.2, 0.25) is 0 Å². The summed E-state index contributed by atoms with van der Waals surface area (Å²) in [4.78, 5) is 19.0. The average Bonchev–Trinajstić information content (AvgIpc) is 2.69. The third-order valence-corrected chi connectivity index (χ3v) is 5.96. The van der Waals surface area contributed by atoms with Crippen LogP contribution < -0.4 is 4.90 Å². The molecule has 0 radical (unpaired) electrons. The number of anilines is 1. The average molecular weight is 403 g/mol. The van der Waals surface area contributed by atoms with E-state index in [1.165, 1.54) is 16.8 Å². The second kappa shape index (κ2) is 9.84. The quantitative estimate of drug-likeness (QED) is 0.573. The number of aryl methyl sites for hydroxylation is 1. The Morgan fingerprint density at radius 2 is 1.75 bits per heavy atom. The lowest BCUT2D eigenvalue weighted by Gasteiger charge is -2.37. The van der Waals surface area contributed by atoms with E-state index in [9.17, 15) is 10.1 Å². The van der Waals surface area contributed by atoms with Gasteiger partial charge in [-0.05, 0) is 49.8 Å². The second-order valence-electron chi connectivity index (χ2n) is 7.87. The van der Waals surface area contributed by atoms with Crippen molar-refractivity contribution in [3.8, 4) is 6.07 Å². The fourth-order valence-electron chi connectivity index (χ4n) is 3.87. The maximum atomic E-state index is 12.7. The minimum Gasteiger partial charge on any atom is -0.373 e. The highest BCUT2D eigenvalue weighted by molar-refractivity contribution is 5.97. The van der Waals surface area contributed by atoms with Crippen molar-refractivity contribution in [2.24, 2.45) is 5.92 Å². The largest absolute Gasteiger partial charge is 0.373 e. The van der Waals surface area contributed by atoms with E-state index in [4.69, 9.17) is 0 Å². The van der Waals surface area contributed by atoms with Gasteiger partial charge in [0.05, 0.1) is 0 Å². The number of rotatable bonds is 3. The summed E-state index contributed by atoms with van der Waals surface area (Å²) in [5.41, 5.74) is 4.19. The fourth-order valence-corrected chi connectivity index (χ4v) is 3.87. The number of halogens is 1. The van der Waals surface area contributed by atoms with Crippen LogP contribution in [0, 0.1) is 31.1 Å². The van der Waals surface area contributed by atoms with E-state index >= 15 is 0 Å². The number of hydrogen-bond acceptors (Lipinski definition) is 4. The molecule has 2 saturated heterocycles. The van der Waals surface area contributed by atoms with Gasteiger partial charge in [-0.2, -0.15) is 5.26 Å². The van der Waals surface area contributed by atoms with Gasteiger partial charge < -0.3 is 14.7 Å². The molecule has 0 spiro atoms. The van der Waals surface area contributed by atoms with Gasteiger partial charge in [0, 0.05) is 51.2 Å². The summed E-state index contributed by atoms with van der Waals surface area (Å²) in [7, 11) is 0. The minimum atomic E-state index is -0.110. The summed E-state index contributed by atoms with van der Waals surface area (Å²) in [6.45, 7) is 11.5. The molecule has 152 valence electrons. The molecular weight excluding hydrogens is 372 g/mol. The van der Waals surface area contributed by atoms with Gasteiger partial charge in [-0.1, -0.05) is 19.1 Å². The van der Waals surface area contributed by atoms with Gasteiger partial charge in [-0.15, -0.1) is 12.4 Å². The number of hydrogen-bond donors (Lipinski definition) is 0. The smallest absolute Gasteiger partial charge is 0.266 e. The van der Waals surface area contributed by atoms with Crippen LogP contribution in [0.25, 0.3) is 0 Å². The van der Waals surface area contributed by atoms with Crippen molar-refractivity contribution < 1.29 is 4.79 Å². The van der Waals surface area contributed by atoms with Gasteiger partial charge in [0.1, 0.15) is 11.6 Å². The highest BCUT2D eigenvalue weighted by Gasteiger charge is 2.24. The van der Waals surface area contributed by atoms with Gasteiger partial charge in [-0.25, -0.2) is 0 Å². The minimum absolute atomic E-state index is 0. The van der Waals surface area contributed by atoms with Crippen molar-refractivity contribution in [1.29, 1.82) is 5.26 Å². The van der Waals surface area contributed by atoms with E-state index in [0.29, 0.717) is 5.92 Å². The standard InChI is InChI=1S/C22H30N4O.ClH/c1-17-7-9-26(10-8-17)22(27)20(15-23)16-24-11-13-25(14-12-24)21-6-4-5-18(2)19(21)3;/h4-6,16-17H,7-14H2,1-3H3;1H/b20-16-;. The van der Waals surface area contributed by atoms with Crippen LogP contribution in [0.4, 0.5) is 5.69 Å². The Hall–Kier alpha value is -2.19. The first-order chi connectivity index (χ1) is 13.0. The predicted octanol–water partition coefficient (Wildman–Crippen LogP) is 3.51. The van der Waals surface area contributed by atoms with Crippen LogP contribution in [-0.4, -0.2) is 55.0 Å². The van der Waals surface area contributed by atoms with Gasteiger partial charge >= 0.3 is 0 Å². The highest BCUT2D eigenvalue weighted by Crippen LogP contribution is 2.24. The van der Waals surface area contributed by atoms with Gasteiger partial charge in [0.25, 0.3) is 5.91 Å². The number of likely N-dealkylation sites (tertiary alicyclic amines) is 1. The van der Waals surface area contributed by atoms with E-state index < -0.39 is 0 Å². The Kier molecular flexibility index (Phi) is 7.77. The number of carbonyl (C=O) groups excluding carboxylic acids is 1. The number of carbonyl (C=O) groups is 1. The molecule has 0 saturated carbocycles. The highest BCUT2D eigenvalue weighted by atomic mass is 35.5. The summed E-state index contributed by atoms with van der Waals surface area (Å²) in [5.74, 6) is 0.558. The lowest BCUT2D eigenvalue weighted by Crippen LogP contribution is -2.45. The molecule has 0 bridgehead atoms. The third kappa shape index (κ3) is 4.99. The first-order valence-electron chi connectivity index (χ1n) is 9.96. The number of nitriles is 1. The summed E-state index contributed by atoms with van der Waals surface area (Å²) in [6.07, 6.45) is 3.83. The van der Waals surface area contributed by atoms with Crippen molar-refractivity contribution in [3.05, 3.63) is 41.1 Å². The van der Waals surface area contributed by atoms with E-state index in [1.807, 2.05) is 4.90 Å². The topological polar surface area (TPSA) is 50.6 Å². The lowest BCUT2D eigenvalue weighted by atomic mass is 9.99. The van der Waals surface area contributed by atoms with E-state index in [1.54, 1.807) is 6.20 Å². The van der Waals surface area contributed by atoms with Gasteiger partial charge in [0.15, 0.2) is 0 Å². The van der Waals surface area contributed by atoms with Crippen LogP contribution in [-0.2, 0) is 4.79 Å². The molecule has 2 fully saturated rings. The maximum absolute atomic E-state index is 12.7. The van der Waals surface area contributed by atoms with Crippen molar-refractivity contribution in [1.82, 2.24) is 9.80 Å². The lowest BCUT2D eigenvalue weighted by molar-refractivity contribution is -0.128. The van der Waals surface area contributed by atoms with Crippen molar-refractivity contribution in [3.63, 3.8) is 0 Å². The van der Waals surface area contributed by atoms with Crippen molar-refractivity contribution >= 4 is 24.0 Å². The summed E-state index contributed by atoms with van der Waals surface area (Å²) >= 11 is 0. The number of piperidine rings is 1. The van der Waals surface area contributed by atoms with E-state index in [2.05, 4.69) is 54.8 Å². The Bertz CT molecular complexity index is 754. The maximum Gasteiger partial charge on any atom is 0.266 e. The van der Waals surface area contributed by atoms with Crippen molar-refractivity contribution in [2.45, 2.75) is 33.6 Å². The molecule has 2 aliphatic heterocycles. The third-order valence-electron chi connectivity index (χ3n) is 5.96. The molecule has 6 heteroatoms. The molecular formula is C22H31ClN4O. The molecule has 2 heterocycles. The monoisotopic (exact) mass is 402 g/mol. The summed E-state index contributed by atoms with van der Waals surface area (Å²) < 4.78 is 0. The van der Waals surface area contributed by atoms with Crippen molar-refractivity contribution in [2.75, 3.05) is 44.2 Å². The van der Waals surface area contributed by atoms with E-state index in [0.717, 1.165) is 52.1 Å². The second-order valence-corrected chi connectivity index (χ2v) is 7.87. The van der Waals surface area contributed by atoms with Crippen LogP contribution in [0.2, 0.25) is 0 Å². The summed E-state index contributed by atoms with van der Waals surface area (Å²) in [6, 6.07) is 8.56. The van der Waals surface area contributed by atoms with E-state index in [-0.39, 0.29) is 23.9 Å². The molecule has 28 heavy (non-hydrogen) atoms. The van der Waals surface area contributed by atoms with Crippen LogP contribution in [0.3, 0.4) is 0 Å². The zero-order valence-corrected chi connectivity index (χ0v) is 18.0. The summed E-state index contributed by atoms with van der Waals surface area (Å²) in [5, 5.41) is 9.50. The molecule has 1 aromatic rings. The SMILES string of the molecule is Cc1cccc(N2CCN(/C=C(/C#N)C(=O)N3CCC(C)CC3)CC2)c1C.Cl. The van der Waals surface area contributed by atoms with Gasteiger partial charge in [-0.3, -0.25) is 4.79 Å². The number of nitrogens with zero attached hydrogens (tertiary/aromatic N) is 4. The molecule has 0 unspecified atom stereocenters. The zero-order chi connectivity index (χ0) is 19.4. The Labute approximate surface area is 175 Å². The van der Waals surface area contributed by atoms with Crippen LogP contribution >= 0.6 is 12.4 Å². The first kappa shape index (κ1) is 22.1. The normalized spacial score (nSPS) is 18.5. The number of piperazine rings is 1. The molecule has 1 aromatic carbocycles. The Morgan fingerprint density at radius 3 is 2.36 bits per heavy atom. The molecule has 0 aromatic heterocycles. The molecule has 3 rings (SSSR count). The zero-order valence-electron chi connectivity index (χ0n) is 17.1.